The lowest BCUT2D eigenvalue weighted by atomic mass is 9.91. The summed E-state index contributed by atoms with van der Waals surface area (Å²) in [6.45, 7) is 5.06. The molecule has 4 atom stereocenters. The molecule has 0 radical (unpaired) electrons. The lowest BCUT2D eigenvalue weighted by molar-refractivity contribution is -0.155. The fourth-order valence-corrected chi connectivity index (χ4v) is 5.99. The highest BCUT2D eigenvalue weighted by Crippen LogP contribution is 2.31. The molecule has 0 aromatic heterocycles. The molecule has 1 aliphatic heterocycles. The maximum atomic E-state index is 13.4. The van der Waals surface area contributed by atoms with Crippen LogP contribution >= 0.6 is 0 Å². The van der Waals surface area contributed by atoms with Crippen molar-refractivity contribution in [1.29, 1.82) is 0 Å². The van der Waals surface area contributed by atoms with E-state index in [1.165, 1.54) is 0 Å². The van der Waals surface area contributed by atoms with E-state index < -0.39 is 47.8 Å². The molecule has 1 heterocycles. The number of benzene rings is 3. The smallest absolute Gasteiger partial charge is 0.338 e. The van der Waals surface area contributed by atoms with E-state index in [0.29, 0.717) is 28.7 Å². The van der Waals surface area contributed by atoms with Crippen molar-refractivity contribution in [2.45, 2.75) is 83.0 Å². The summed E-state index contributed by atoms with van der Waals surface area (Å²) in [5, 5.41) is 25.4. The van der Waals surface area contributed by atoms with Gasteiger partial charge in [-0.05, 0) is 86.7 Å². The van der Waals surface area contributed by atoms with Crippen molar-refractivity contribution in [3.63, 3.8) is 0 Å². The van der Waals surface area contributed by atoms with E-state index in [2.05, 4.69) is 10.6 Å². The minimum absolute atomic E-state index is 0.000963. The summed E-state index contributed by atoms with van der Waals surface area (Å²) in [5.41, 5.74) is 2.64. The van der Waals surface area contributed by atoms with Gasteiger partial charge >= 0.3 is 11.9 Å². The number of phenolic OH excluding ortho intramolecular Hbond substituents is 1. The van der Waals surface area contributed by atoms with Gasteiger partial charge in [0.25, 0.3) is 5.91 Å². The normalized spacial score (nSPS) is 18.8. The Hall–Kier alpha value is -5.30. The number of aromatic hydroxyl groups is 1. The second-order valence-corrected chi connectivity index (χ2v) is 13.9. The van der Waals surface area contributed by atoms with E-state index in [9.17, 15) is 29.4 Å². The molecular formula is C41H46N2O10. The van der Waals surface area contributed by atoms with Gasteiger partial charge in [0.1, 0.15) is 36.5 Å². The molecular weight excluding hydrogens is 680 g/mol. The van der Waals surface area contributed by atoms with Crippen LogP contribution in [0.4, 0.5) is 0 Å². The molecule has 0 saturated carbocycles. The average molecular weight is 727 g/mol. The van der Waals surface area contributed by atoms with Gasteiger partial charge < -0.3 is 39.8 Å². The quantitative estimate of drug-likeness (QED) is 0.170. The molecule has 0 spiro atoms. The van der Waals surface area contributed by atoms with Gasteiger partial charge in [0.05, 0.1) is 18.2 Å². The SMILES string of the molecule is CC(C)(C)OC(=O)CC[C@@H](CO)NC(=O)c1cccc(CNC(=O)C2=C[C@H]3OCO[C@H]3[C@H](OC(=O)c3cccc(C=CCc4ccccc4O)c3)C2)c1. The zero-order chi connectivity index (χ0) is 38.0. The first-order chi connectivity index (χ1) is 25.4. The van der Waals surface area contributed by atoms with Crippen LogP contribution in [0, 0.1) is 0 Å². The van der Waals surface area contributed by atoms with Crippen molar-refractivity contribution in [3.8, 4) is 5.75 Å². The van der Waals surface area contributed by atoms with Crippen LogP contribution in [0.3, 0.4) is 0 Å². The summed E-state index contributed by atoms with van der Waals surface area (Å²) in [4.78, 5) is 51.7. The van der Waals surface area contributed by atoms with Crippen LogP contribution in [0.5, 0.6) is 5.75 Å². The Balaban J connectivity index is 1.15. The van der Waals surface area contributed by atoms with E-state index >= 15 is 0 Å². The van der Waals surface area contributed by atoms with Gasteiger partial charge in [-0.15, -0.1) is 0 Å². The third kappa shape index (κ3) is 11.3. The maximum absolute atomic E-state index is 13.4. The van der Waals surface area contributed by atoms with E-state index in [1.807, 2.05) is 30.4 Å². The number of ether oxygens (including phenoxy) is 4. The van der Waals surface area contributed by atoms with Crippen molar-refractivity contribution in [2.75, 3.05) is 13.4 Å². The van der Waals surface area contributed by atoms with Crippen LogP contribution < -0.4 is 10.6 Å². The molecule has 0 bridgehead atoms. The van der Waals surface area contributed by atoms with Gasteiger partial charge in [0.2, 0.25) is 5.91 Å². The van der Waals surface area contributed by atoms with Gasteiger partial charge in [-0.3, -0.25) is 14.4 Å². The number of hydrogen-bond acceptors (Lipinski definition) is 10. The van der Waals surface area contributed by atoms with Crippen molar-refractivity contribution >= 4 is 29.8 Å². The average Bonchev–Trinajstić information content (AvgIpc) is 3.62. The predicted molar refractivity (Wildman–Crippen MR) is 196 cm³/mol. The first-order valence-corrected chi connectivity index (χ1v) is 17.6. The highest BCUT2D eigenvalue weighted by molar-refractivity contribution is 5.95. The van der Waals surface area contributed by atoms with Gasteiger partial charge in [0.15, 0.2) is 0 Å². The highest BCUT2D eigenvalue weighted by Gasteiger charge is 2.42. The van der Waals surface area contributed by atoms with Gasteiger partial charge in [0, 0.05) is 30.5 Å². The summed E-state index contributed by atoms with van der Waals surface area (Å²) in [6, 6.07) is 20.1. The van der Waals surface area contributed by atoms with Crippen LogP contribution in [-0.4, -0.2) is 77.3 Å². The topological polar surface area (TPSA) is 170 Å². The number of phenols is 1. The number of rotatable bonds is 14. The van der Waals surface area contributed by atoms with Gasteiger partial charge in [-0.25, -0.2) is 4.79 Å². The Kier molecular flexibility index (Phi) is 13.2. The monoisotopic (exact) mass is 726 g/mol. The number of amides is 2. The molecule has 1 aliphatic carbocycles. The Morgan fingerprint density at radius 2 is 1.74 bits per heavy atom. The standard InChI is InChI=1S/C41H46N2O10/c1-41(2,3)53-36(46)18-17-32(24-44)43-39(48)29-14-8-11-27(20-29)23-42-38(47)31-21-34-37(51-25-50-34)35(22-31)52-40(49)30-15-7-10-26(19-30)9-6-13-28-12-4-5-16-33(28)45/h4-12,14-16,19-21,32,34-35,37,44-45H,13,17-18,22-25H2,1-3H3,(H,42,47)(H,43,48)/t32-,34+,35+,37+/m0/s1. The van der Waals surface area contributed by atoms with Crippen molar-refractivity contribution in [1.82, 2.24) is 10.6 Å². The van der Waals surface area contributed by atoms with Crippen LogP contribution in [-0.2, 0) is 41.5 Å². The summed E-state index contributed by atoms with van der Waals surface area (Å²) in [7, 11) is 0. The highest BCUT2D eigenvalue weighted by atomic mass is 16.7. The largest absolute Gasteiger partial charge is 0.508 e. The summed E-state index contributed by atoms with van der Waals surface area (Å²) >= 11 is 0. The molecule has 12 nitrogen and oxygen atoms in total. The number of carbonyl (C=O) groups excluding carboxylic acids is 4. The second kappa shape index (κ2) is 18.0. The molecule has 280 valence electrons. The molecule has 4 N–H and O–H groups in total. The summed E-state index contributed by atoms with van der Waals surface area (Å²) in [6.07, 6.45) is 4.40. The Bertz CT molecular complexity index is 1850. The lowest BCUT2D eigenvalue weighted by Gasteiger charge is -2.30. The minimum atomic E-state index is -0.775. The van der Waals surface area contributed by atoms with Crippen LogP contribution in [0.1, 0.15) is 77.4 Å². The number of esters is 2. The van der Waals surface area contributed by atoms with Crippen molar-refractivity contribution in [3.05, 3.63) is 118 Å². The zero-order valence-corrected chi connectivity index (χ0v) is 30.1. The van der Waals surface area contributed by atoms with Crippen molar-refractivity contribution < 1.29 is 48.3 Å². The molecule has 0 unspecified atom stereocenters. The maximum Gasteiger partial charge on any atom is 0.338 e. The number of para-hydroxylation sites is 1. The molecule has 5 rings (SSSR count). The number of fused-ring (bicyclic) bond motifs is 1. The first kappa shape index (κ1) is 38.9. The predicted octanol–water partition coefficient (Wildman–Crippen LogP) is 4.77. The number of carbonyl (C=O) groups is 4. The first-order valence-electron chi connectivity index (χ1n) is 17.6. The Morgan fingerprint density at radius 1 is 0.962 bits per heavy atom. The number of aliphatic hydroxyl groups excluding tert-OH is 1. The molecule has 2 aliphatic rings. The van der Waals surface area contributed by atoms with E-state index in [1.54, 1.807) is 81.4 Å². The second-order valence-electron chi connectivity index (χ2n) is 13.9. The van der Waals surface area contributed by atoms with E-state index in [0.717, 1.165) is 11.1 Å². The molecule has 1 saturated heterocycles. The molecule has 12 heteroatoms. The van der Waals surface area contributed by atoms with Crippen LogP contribution in [0.2, 0.25) is 0 Å². The fourth-order valence-electron chi connectivity index (χ4n) is 5.99. The summed E-state index contributed by atoms with van der Waals surface area (Å²) < 4.78 is 22.6. The summed E-state index contributed by atoms with van der Waals surface area (Å²) in [5.74, 6) is -1.57. The number of allylic oxidation sites excluding steroid dienone is 1. The van der Waals surface area contributed by atoms with Crippen LogP contribution in [0.25, 0.3) is 6.08 Å². The third-order valence-corrected chi connectivity index (χ3v) is 8.62. The van der Waals surface area contributed by atoms with Crippen molar-refractivity contribution in [2.24, 2.45) is 0 Å². The number of nitrogens with one attached hydrogen (secondary N) is 2. The van der Waals surface area contributed by atoms with Gasteiger partial charge in [-0.1, -0.05) is 54.6 Å². The number of aliphatic hydroxyl groups is 1. The molecule has 1 fully saturated rings. The molecule has 2 amide bonds. The third-order valence-electron chi connectivity index (χ3n) is 8.62. The van der Waals surface area contributed by atoms with E-state index in [-0.39, 0.29) is 50.9 Å². The fraction of sp³-hybridized carbons (Fsp3) is 0.366. The lowest BCUT2D eigenvalue weighted by Crippen LogP contribution is -2.43. The molecule has 3 aromatic carbocycles. The van der Waals surface area contributed by atoms with Gasteiger partial charge in [-0.2, -0.15) is 0 Å². The minimum Gasteiger partial charge on any atom is -0.508 e. The molecule has 3 aromatic rings. The molecule has 53 heavy (non-hydrogen) atoms. The Labute approximate surface area is 308 Å². The van der Waals surface area contributed by atoms with E-state index in [4.69, 9.17) is 18.9 Å². The Morgan fingerprint density at radius 3 is 2.51 bits per heavy atom. The number of hydrogen-bond donors (Lipinski definition) is 4. The zero-order valence-electron chi connectivity index (χ0n) is 30.1. The van der Waals surface area contributed by atoms with Crippen LogP contribution in [0.15, 0.2) is 90.5 Å².